The Morgan fingerprint density at radius 1 is 1.21 bits per heavy atom. The Kier molecular flexibility index (Phi) is 4.83. The van der Waals surface area contributed by atoms with Gasteiger partial charge in [0.05, 0.1) is 12.2 Å². The molecule has 1 atom stereocenters. The van der Waals surface area contributed by atoms with Crippen molar-refractivity contribution in [3.8, 4) is 0 Å². The number of hydrogen-bond acceptors (Lipinski definition) is 3. The van der Waals surface area contributed by atoms with E-state index in [1.165, 1.54) is 24.3 Å². The fourth-order valence-electron chi connectivity index (χ4n) is 3.20. The van der Waals surface area contributed by atoms with Crippen molar-refractivity contribution in [1.82, 2.24) is 4.90 Å². The standard InChI is InChI=1S/C17H20F3NO3/c18-17(19,20)15(13-4-2-1-3-5-13)23-12-14(22)21-9-6-16(7-10-21)8-11-24-16/h1-5,15H,6-12H2/t15-/m0/s1. The summed E-state index contributed by atoms with van der Waals surface area (Å²) in [5.41, 5.74) is -0.103. The van der Waals surface area contributed by atoms with E-state index in [1.807, 2.05) is 0 Å². The summed E-state index contributed by atoms with van der Waals surface area (Å²) in [5, 5.41) is 0. The topological polar surface area (TPSA) is 38.8 Å². The highest BCUT2D eigenvalue weighted by atomic mass is 19.4. The molecule has 0 unspecified atom stereocenters. The van der Waals surface area contributed by atoms with E-state index < -0.39 is 24.8 Å². The molecular formula is C17H20F3NO3. The summed E-state index contributed by atoms with van der Waals surface area (Å²) in [5.74, 6) is -0.408. The number of nitrogens with zero attached hydrogens (tertiary/aromatic N) is 1. The van der Waals surface area contributed by atoms with Gasteiger partial charge in [-0.25, -0.2) is 0 Å². The second-order valence-electron chi connectivity index (χ2n) is 6.31. The lowest BCUT2D eigenvalue weighted by atomic mass is 9.84. The number of benzene rings is 1. The molecule has 7 heteroatoms. The molecule has 3 rings (SSSR count). The molecular weight excluding hydrogens is 323 g/mol. The van der Waals surface area contributed by atoms with Crippen LogP contribution in [0.3, 0.4) is 0 Å². The maximum atomic E-state index is 13.2. The fourth-order valence-corrected chi connectivity index (χ4v) is 3.20. The van der Waals surface area contributed by atoms with Crippen molar-refractivity contribution in [3.63, 3.8) is 0 Å². The van der Waals surface area contributed by atoms with Gasteiger partial charge in [-0.1, -0.05) is 30.3 Å². The van der Waals surface area contributed by atoms with Gasteiger partial charge in [0, 0.05) is 13.1 Å². The molecule has 0 bridgehead atoms. The molecule has 0 N–H and O–H groups in total. The minimum Gasteiger partial charge on any atom is -0.375 e. The highest BCUT2D eigenvalue weighted by Gasteiger charge is 2.44. The molecule has 0 saturated carbocycles. The average molecular weight is 343 g/mol. The zero-order valence-corrected chi connectivity index (χ0v) is 13.2. The number of amides is 1. The summed E-state index contributed by atoms with van der Waals surface area (Å²) in [4.78, 5) is 13.7. The molecule has 2 fully saturated rings. The summed E-state index contributed by atoms with van der Waals surface area (Å²) in [7, 11) is 0. The van der Waals surface area contributed by atoms with Gasteiger partial charge in [0.2, 0.25) is 5.91 Å². The van der Waals surface area contributed by atoms with Crippen LogP contribution >= 0.6 is 0 Å². The fraction of sp³-hybridized carbons (Fsp3) is 0.588. The van der Waals surface area contributed by atoms with Crippen molar-refractivity contribution in [2.75, 3.05) is 26.3 Å². The van der Waals surface area contributed by atoms with E-state index in [-0.39, 0.29) is 11.2 Å². The van der Waals surface area contributed by atoms with Crippen molar-refractivity contribution in [2.45, 2.75) is 37.1 Å². The third kappa shape index (κ3) is 3.72. The molecule has 0 radical (unpaired) electrons. The molecule has 24 heavy (non-hydrogen) atoms. The van der Waals surface area contributed by atoms with Crippen molar-refractivity contribution in [2.24, 2.45) is 0 Å². The number of rotatable bonds is 4. The maximum absolute atomic E-state index is 13.2. The minimum atomic E-state index is -4.56. The second kappa shape index (κ2) is 6.72. The van der Waals surface area contributed by atoms with Crippen LogP contribution in [0.1, 0.15) is 30.9 Å². The quantitative estimate of drug-likeness (QED) is 0.843. The van der Waals surface area contributed by atoms with E-state index in [1.54, 1.807) is 11.0 Å². The zero-order valence-electron chi connectivity index (χ0n) is 13.2. The average Bonchev–Trinajstić information content (AvgIpc) is 2.53. The van der Waals surface area contributed by atoms with Crippen LogP contribution in [0, 0.1) is 0 Å². The Balaban J connectivity index is 1.55. The van der Waals surface area contributed by atoms with Gasteiger partial charge in [0.15, 0.2) is 6.10 Å². The smallest absolute Gasteiger partial charge is 0.375 e. The molecule has 0 aromatic heterocycles. The van der Waals surface area contributed by atoms with Crippen molar-refractivity contribution < 1.29 is 27.4 Å². The number of carbonyl (C=O) groups is 1. The molecule has 1 aromatic rings. The van der Waals surface area contributed by atoms with Crippen LogP contribution in [0.4, 0.5) is 13.2 Å². The first kappa shape index (κ1) is 17.2. The number of alkyl halides is 3. The van der Waals surface area contributed by atoms with E-state index >= 15 is 0 Å². The first-order chi connectivity index (χ1) is 11.4. The molecule has 2 aliphatic rings. The molecule has 0 aliphatic carbocycles. The lowest BCUT2D eigenvalue weighted by Gasteiger charge is -2.47. The van der Waals surface area contributed by atoms with Crippen molar-refractivity contribution in [3.05, 3.63) is 35.9 Å². The summed E-state index contributed by atoms with van der Waals surface area (Å²) in [6.45, 7) is 1.18. The Morgan fingerprint density at radius 3 is 2.33 bits per heavy atom. The summed E-state index contributed by atoms with van der Waals surface area (Å²) >= 11 is 0. The SMILES string of the molecule is O=C(CO[C@@H](c1ccccc1)C(F)(F)F)N1CCC2(CCO2)CC1. The molecule has 2 saturated heterocycles. The number of carbonyl (C=O) groups excluding carboxylic acids is 1. The first-order valence-electron chi connectivity index (χ1n) is 8.05. The zero-order chi connectivity index (χ0) is 17.2. The Morgan fingerprint density at radius 2 is 1.83 bits per heavy atom. The van der Waals surface area contributed by atoms with Crippen molar-refractivity contribution in [1.29, 1.82) is 0 Å². The summed E-state index contributed by atoms with van der Waals surface area (Å²) < 4.78 is 50.1. The number of likely N-dealkylation sites (tertiary alicyclic amines) is 1. The third-order valence-electron chi connectivity index (χ3n) is 4.77. The van der Waals surface area contributed by atoms with Crippen LogP contribution in [-0.2, 0) is 14.3 Å². The van der Waals surface area contributed by atoms with Crippen LogP contribution in [0.25, 0.3) is 0 Å². The van der Waals surface area contributed by atoms with E-state index in [2.05, 4.69) is 0 Å². The predicted molar refractivity (Wildman–Crippen MR) is 80.3 cm³/mol. The second-order valence-corrected chi connectivity index (χ2v) is 6.31. The molecule has 1 amide bonds. The van der Waals surface area contributed by atoms with Crippen LogP contribution in [-0.4, -0.2) is 48.9 Å². The highest BCUT2D eigenvalue weighted by molar-refractivity contribution is 5.77. The van der Waals surface area contributed by atoms with Gasteiger partial charge in [-0.05, 0) is 24.8 Å². The lowest BCUT2D eigenvalue weighted by molar-refractivity contribution is -0.225. The molecule has 132 valence electrons. The molecule has 2 heterocycles. The molecule has 1 spiro atoms. The van der Waals surface area contributed by atoms with Gasteiger partial charge < -0.3 is 14.4 Å². The number of halogens is 3. The van der Waals surface area contributed by atoms with Crippen LogP contribution in [0.5, 0.6) is 0 Å². The van der Waals surface area contributed by atoms with E-state index in [0.717, 1.165) is 25.9 Å². The van der Waals surface area contributed by atoms with Gasteiger partial charge in [-0.15, -0.1) is 0 Å². The molecule has 1 aromatic carbocycles. The van der Waals surface area contributed by atoms with Gasteiger partial charge in [0.1, 0.15) is 6.61 Å². The third-order valence-corrected chi connectivity index (χ3v) is 4.77. The first-order valence-corrected chi connectivity index (χ1v) is 8.05. The summed E-state index contributed by atoms with van der Waals surface area (Å²) in [6.07, 6.45) is -4.18. The number of hydrogen-bond donors (Lipinski definition) is 0. The van der Waals surface area contributed by atoms with Crippen LogP contribution in [0.2, 0.25) is 0 Å². The van der Waals surface area contributed by atoms with Gasteiger partial charge in [-0.3, -0.25) is 4.79 Å². The van der Waals surface area contributed by atoms with Crippen molar-refractivity contribution >= 4 is 5.91 Å². The lowest BCUT2D eigenvalue weighted by Crippen LogP contribution is -2.54. The molecule has 4 nitrogen and oxygen atoms in total. The monoisotopic (exact) mass is 343 g/mol. The van der Waals surface area contributed by atoms with Gasteiger partial charge in [-0.2, -0.15) is 13.2 Å². The number of ether oxygens (including phenoxy) is 2. The van der Waals surface area contributed by atoms with Crippen LogP contribution < -0.4 is 0 Å². The highest BCUT2D eigenvalue weighted by Crippen LogP contribution is 2.37. The maximum Gasteiger partial charge on any atom is 0.418 e. The van der Waals surface area contributed by atoms with Gasteiger partial charge in [0.25, 0.3) is 0 Å². The van der Waals surface area contributed by atoms with E-state index in [4.69, 9.17) is 9.47 Å². The van der Waals surface area contributed by atoms with E-state index in [9.17, 15) is 18.0 Å². The summed E-state index contributed by atoms with van der Waals surface area (Å²) in [6, 6.07) is 7.36. The van der Waals surface area contributed by atoms with Crippen LogP contribution in [0.15, 0.2) is 30.3 Å². The Bertz CT molecular complexity index is 562. The predicted octanol–water partition coefficient (Wildman–Crippen LogP) is 3.09. The normalized spacial score (nSPS) is 21.4. The minimum absolute atomic E-state index is 0.00161. The van der Waals surface area contributed by atoms with Gasteiger partial charge >= 0.3 is 6.18 Å². The largest absolute Gasteiger partial charge is 0.418 e. The Labute approximate surface area is 138 Å². The van der Waals surface area contributed by atoms with E-state index in [0.29, 0.717) is 13.1 Å². The molecule has 2 aliphatic heterocycles. The Hall–Kier alpha value is -1.60. The number of piperidine rings is 1.